The van der Waals surface area contributed by atoms with Crippen molar-refractivity contribution in [2.75, 3.05) is 19.9 Å². The summed E-state index contributed by atoms with van der Waals surface area (Å²) >= 11 is 0. The minimum Gasteiger partial charge on any atom is -0.369 e. The van der Waals surface area contributed by atoms with Crippen LogP contribution in [0.25, 0.3) is 10.4 Å². The van der Waals surface area contributed by atoms with Crippen LogP contribution in [0.1, 0.15) is 18.2 Å². The van der Waals surface area contributed by atoms with E-state index in [0.717, 1.165) is 10.8 Å². The number of H-pyrrole nitrogens is 1. The van der Waals surface area contributed by atoms with E-state index in [2.05, 4.69) is 35.5 Å². The summed E-state index contributed by atoms with van der Waals surface area (Å²) in [6, 6.07) is 0. The molecule has 1 aliphatic rings. The maximum atomic E-state index is 12.3. The van der Waals surface area contributed by atoms with Gasteiger partial charge in [0.1, 0.15) is 24.6 Å². The Labute approximate surface area is 203 Å². The van der Waals surface area contributed by atoms with Gasteiger partial charge in [-0.2, -0.15) is 0 Å². The lowest BCUT2D eigenvalue weighted by atomic mass is 10.2. The summed E-state index contributed by atoms with van der Waals surface area (Å²) in [6.45, 7) is -1.35. The number of nitrogens with two attached hydrogens (primary N) is 1. The van der Waals surface area contributed by atoms with Crippen LogP contribution < -0.4 is 17.0 Å². The topological polar surface area (TPSA) is 288 Å². The van der Waals surface area contributed by atoms with Gasteiger partial charge in [0.25, 0.3) is 5.56 Å². The minimum atomic E-state index is -5.36. The molecule has 1 fully saturated rings. The Balaban J connectivity index is 2.23. The predicted octanol–water partition coefficient (Wildman–Crippen LogP) is 0.0134. The number of aromatic amines is 1. The van der Waals surface area contributed by atoms with Crippen molar-refractivity contribution in [3.8, 4) is 11.8 Å². The summed E-state index contributed by atoms with van der Waals surface area (Å²) < 4.78 is 59.5. The smallest absolute Gasteiger partial charge is 0.369 e. The van der Waals surface area contributed by atoms with Gasteiger partial charge in [-0.05, 0) is 14.5 Å². The van der Waals surface area contributed by atoms with Crippen molar-refractivity contribution in [2.24, 2.45) is 10.8 Å². The number of aromatic nitrogens is 2. The molecule has 6 atom stereocenters. The van der Waals surface area contributed by atoms with Gasteiger partial charge in [0, 0.05) is 17.5 Å². The molecule has 1 aromatic rings. The SMILES string of the molecule is [N-]=[N+]=NCOC1CC(n2cc(C#CCN)c(=O)[nH]c2=O)OC1COP(=O)(O)OP(=O)(P)OP(=O)(O)O. The van der Waals surface area contributed by atoms with E-state index in [4.69, 9.17) is 35.0 Å². The summed E-state index contributed by atoms with van der Waals surface area (Å²) in [6.07, 6.45) is -2.36. The Hall–Kier alpha value is -1.69. The van der Waals surface area contributed by atoms with Crippen LogP contribution in [-0.4, -0.2) is 56.3 Å². The first-order chi connectivity index (χ1) is 16.7. The molecule has 6 N–H and O–H groups in total. The Morgan fingerprint density at radius 2 is 2.03 bits per heavy atom. The van der Waals surface area contributed by atoms with Gasteiger partial charge in [-0.1, -0.05) is 17.0 Å². The van der Waals surface area contributed by atoms with Crippen LogP contribution in [-0.2, 0) is 36.3 Å². The fourth-order valence-electron chi connectivity index (χ4n) is 2.78. The second-order valence-electron chi connectivity index (χ2n) is 6.60. The second kappa shape index (κ2) is 12.7. The van der Waals surface area contributed by atoms with Crippen LogP contribution in [0.2, 0.25) is 0 Å². The third-order valence-corrected chi connectivity index (χ3v) is 9.70. The average Bonchev–Trinajstić information content (AvgIpc) is 3.12. The van der Waals surface area contributed by atoms with Gasteiger partial charge >= 0.3 is 28.6 Å². The van der Waals surface area contributed by atoms with E-state index in [0.29, 0.717) is 0 Å². The predicted molar refractivity (Wildman–Crippen MR) is 122 cm³/mol. The molecular weight excluding hydrogens is 572 g/mol. The number of nitrogens with one attached hydrogen (secondary N) is 1. The maximum absolute atomic E-state index is 12.3. The van der Waals surface area contributed by atoms with Crippen LogP contribution in [0.15, 0.2) is 20.9 Å². The molecule has 200 valence electrons. The summed E-state index contributed by atoms with van der Waals surface area (Å²) in [4.78, 5) is 56.0. The highest BCUT2D eigenvalue weighted by Crippen LogP contribution is 2.73. The lowest BCUT2D eigenvalue weighted by Gasteiger charge is -2.21. The first-order valence-electron chi connectivity index (χ1n) is 9.33. The zero-order chi connectivity index (χ0) is 27.1. The van der Waals surface area contributed by atoms with E-state index in [1.165, 1.54) is 8.93 Å². The molecule has 0 bridgehead atoms. The normalized spacial score (nSPS) is 23.1. The van der Waals surface area contributed by atoms with E-state index in [9.17, 15) is 28.2 Å². The van der Waals surface area contributed by atoms with Gasteiger partial charge in [0.05, 0.1) is 19.3 Å². The maximum Gasteiger partial charge on any atom is 0.479 e. The zero-order valence-electron chi connectivity index (χ0n) is 17.8. The summed E-state index contributed by atoms with van der Waals surface area (Å²) in [5.74, 6) is 4.94. The fraction of sp³-hybridized carbons (Fsp3) is 0.538. The molecule has 2 heterocycles. The molecule has 1 aromatic heterocycles. The molecule has 6 unspecified atom stereocenters. The molecular formula is C13H20N6O13P4. The molecule has 0 radical (unpaired) electrons. The zero-order valence-corrected chi connectivity index (χ0v) is 21.7. The monoisotopic (exact) mass is 592 g/mol. The van der Waals surface area contributed by atoms with Crippen LogP contribution in [0, 0.1) is 11.8 Å². The van der Waals surface area contributed by atoms with Crippen molar-refractivity contribution >= 4 is 31.9 Å². The number of phosphoric acid groups is 2. The summed E-state index contributed by atoms with van der Waals surface area (Å²) in [5.41, 5.74) is 12.0. The molecule has 0 aliphatic carbocycles. The molecule has 0 saturated carbocycles. The van der Waals surface area contributed by atoms with Gasteiger partial charge in [-0.15, -0.1) is 0 Å². The first kappa shape index (κ1) is 30.5. The highest BCUT2D eigenvalue weighted by Gasteiger charge is 2.42. The third-order valence-electron chi connectivity index (χ3n) is 4.03. The van der Waals surface area contributed by atoms with Crippen molar-refractivity contribution in [3.05, 3.63) is 43.0 Å². The molecule has 2 rings (SSSR count). The minimum absolute atomic E-state index is 0.0566. The average molecular weight is 592 g/mol. The number of hydrogen-bond donors (Lipinski definition) is 5. The van der Waals surface area contributed by atoms with E-state index < -0.39 is 66.0 Å². The van der Waals surface area contributed by atoms with Gasteiger partial charge < -0.3 is 29.9 Å². The lowest BCUT2D eigenvalue weighted by molar-refractivity contribution is -0.0599. The Morgan fingerprint density at radius 1 is 1.33 bits per heavy atom. The van der Waals surface area contributed by atoms with Crippen LogP contribution in [0.5, 0.6) is 0 Å². The van der Waals surface area contributed by atoms with Crippen molar-refractivity contribution < 1.29 is 51.0 Å². The summed E-state index contributed by atoms with van der Waals surface area (Å²) in [5, 5.41) is 3.19. The Kier molecular flexibility index (Phi) is 10.8. The number of ether oxygens (including phenoxy) is 2. The summed E-state index contributed by atoms with van der Waals surface area (Å²) in [7, 11) is -14.2. The molecule has 19 nitrogen and oxygen atoms in total. The molecule has 0 aromatic carbocycles. The number of phosphoric ester groups is 1. The molecule has 0 spiro atoms. The molecule has 1 saturated heterocycles. The molecule has 23 heteroatoms. The van der Waals surface area contributed by atoms with Crippen molar-refractivity contribution in [2.45, 2.75) is 24.9 Å². The van der Waals surface area contributed by atoms with Gasteiger partial charge in [0.15, 0.2) is 0 Å². The quantitative estimate of drug-likeness (QED) is 0.0744. The van der Waals surface area contributed by atoms with Gasteiger partial charge in [-0.25, -0.2) is 22.5 Å². The molecule has 1 aliphatic heterocycles. The first-order valence-corrected chi connectivity index (χ1v) is 15.5. The molecule has 36 heavy (non-hydrogen) atoms. The van der Waals surface area contributed by atoms with Crippen LogP contribution in [0.4, 0.5) is 0 Å². The third kappa shape index (κ3) is 9.64. The molecule has 0 amide bonds. The van der Waals surface area contributed by atoms with E-state index >= 15 is 0 Å². The van der Waals surface area contributed by atoms with E-state index in [1.54, 1.807) is 0 Å². The van der Waals surface area contributed by atoms with Crippen molar-refractivity contribution in [3.63, 3.8) is 0 Å². The van der Waals surface area contributed by atoms with Crippen molar-refractivity contribution in [1.29, 1.82) is 0 Å². The lowest BCUT2D eigenvalue weighted by Crippen LogP contribution is -2.33. The standard InChI is InChI=1S/C13H20N6O13P4/c14-3-1-2-8-5-19(13(21)17-12(8)20)11-4-9(28-7-16-18-15)10(30-11)6-29-35(25,26)32-36(27,33)31-34(22,23)24/h5,9-11H,3-4,6-7,14,33H2,(H,25,26)(H,17,20,21)(H2,22,23,24). The Bertz CT molecular complexity index is 1320. The highest BCUT2D eigenvalue weighted by molar-refractivity contribution is 8.14. The largest absolute Gasteiger partial charge is 0.479 e. The van der Waals surface area contributed by atoms with Gasteiger partial charge in [-0.3, -0.25) is 23.4 Å². The van der Waals surface area contributed by atoms with Gasteiger partial charge in [0.2, 0.25) is 0 Å². The van der Waals surface area contributed by atoms with E-state index in [1.807, 2.05) is 0 Å². The highest BCUT2D eigenvalue weighted by atomic mass is 32.1. The van der Waals surface area contributed by atoms with Crippen LogP contribution >= 0.6 is 31.9 Å². The number of rotatable bonds is 11. The van der Waals surface area contributed by atoms with Crippen LogP contribution in [0.3, 0.4) is 0 Å². The van der Waals surface area contributed by atoms with Crippen molar-refractivity contribution in [1.82, 2.24) is 9.55 Å². The number of azide groups is 1. The number of nitrogens with zero attached hydrogens (tertiary/aromatic N) is 4. The van der Waals surface area contributed by atoms with E-state index in [-0.39, 0.29) is 18.5 Å². The number of hydrogen-bond acceptors (Lipinski definition) is 12. The fourth-order valence-corrected chi connectivity index (χ4v) is 8.21. The second-order valence-corrected chi connectivity index (χ2v) is 13.1. The Morgan fingerprint density at radius 3 is 2.64 bits per heavy atom.